The predicted octanol–water partition coefficient (Wildman–Crippen LogP) is 1.62. The molecule has 0 amide bonds. The number of nitrogens with one attached hydrogen (secondary N) is 1. The molecular weight excluding hydrogens is 308 g/mol. The summed E-state index contributed by atoms with van der Waals surface area (Å²) in [6.07, 6.45) is 0. The van der Waals surface area contributed by atoms with Crippen LogP contribution in [0.15, 0.2) is 29.2 Å². The molecule has 0 unspecified atom stereocenters. The SMILES string of the molecule is CCN(C)CCNS(=O)(=O)c1c(CO)sc2ccccc12. The van der Waals surface area contributed by atoms with Crippen molar-refractivity contribution in [2.24, 2.45) is 0 Å². The normalized spacial score (nSPS) is 12.4. The van der Waals surface area contributed by atoms with Gasteiger partial charge in [0, 0.05) is 23.2 Å². The average Bonchev–Trinajstić information content (AvgIpc) is 2.86. The van der Waals surface area contributed by atoms with E-state index < -0.39 is 10.0 Å². The highest BCUT2D eigenvalue weighted by atomic mass is 32.2. The Balaban J connectivity index is 2.31. The molecule has 21 heavy (non-hydrogen) atoms. The first-order valence-corrected chi connectivity index (χ1v) is 9.09. The molecule has 1 aromatic carbocycles. The smallest absolute Gasteiger partial charge is 0.242 e. The van der Waals surface area contributed by atoms with Crippen molar-refractivity contribution in [1.82, 2.24) is 9.62 Å². The van der Waals surface area contributed by atoms with Crippen LogP contribution in [0.3, 0.4) is 0 Å². The Labute approximate surface area is 129 Å². The van der Waals surface area contributed by atoms with Crippen LogP contribution in [-0.4, -0.2) is 45.1 Å². The molecule has 0 saturated carbocycles. The van der Waals surface area contributed by atoms with E-state index in [1.165, 1.54) is 11.3 Å². The van der Waals surface area contributed by atoms with Crippen LogP contribution in [0.4, 0.5) is 0 Å². The molecule has 116 valence electrons. The fraction of sp³-hybridized carbons (Fsp3) is 0.429. The molecule has 0 saturated heterocycles. The van der Waals surface area contributed by atoms with Gasteiger partial charge in [0.25, 0.3) is 0 Å². The molecule has 0 aliphatic rings. The lowest BCUT2D eigenvalue weighted by atomic mass is 10.2. The molecule has 1 aromatic heterocycles. The van der Waals surface area contributed by atoms with Crippen molar-refractivity contribution < 1.29 is 13.5 Å². The summed E-state index contributed by atoms with van der Waals surface area (Å²) in [6, 6.07) is 7.31. The standard InChI is InChI=1S/C14H20N2O3S2/c1-3-16(2)9-8-15-21(18,19)14-11-6-4-5-7-12(11)20-13(14)10-17/h4-7,15,17H,3,8-10H2,1-2H3. The van der Waals surface area contributed by atoms with Gasteiger partial charge in [-0.15, -0.1) is 11.3 Å². The molecule has 0 aliphatic heterocycles. The molecule has 0 bridgehead atoms. The van der Waals surface area contributed by atoms with Gasteiger partial charge in [-0.1, -0.05) is 25.1 Å². The summed E-state index contributed by atoms with van der Waals surface area (Å²) in [5.41, 5.74) is 0. The number of benzene rings is 1. The Kier molecular flexibility index (Phi) is 5.34. The van der Waals surface area contributed by atoms with Gasteiger partial charge < -0.3 is 10.0 Å². The molecule has 7 heteroatoms. The molecule has 0 atom stereocenters. The number of fused-ring (bicyclic) bond motifs is 1. The van der Waals surface area contributed by atoms with E-state index in [1.54, 1.807) is 12.1 Å². The van der Waals surface area contributed by atoms with E-state index >= 15 is 0 Å². The second-order valence-electron chi connectivity index (χ2n) is 4.80. The molecule has 0 aliphatic carbocycles. The Hall–Kier alpha value is -0.990. The summed E-state index contributed by atoms with van der Waals surface area (Å²) in [4.78, 5) is 2.72. The summed E-state index contributed by atoms with van der Waals surface area (Å²) in [6.45, 7) is 3.61. The monoisotopic (exact) mass is 328 g/mol. The van der Waals surface area contributed by atoms with Crippen molar-refractivity contribution in [3.8, 4) is 0 Å². The van der Waals surface area contributed by atoms with Crippen LogP contribution in [0.5, 0.6) is 0 Å². The molecule has 0 spiro atoms. The maximum Gasteiger partial charge on any atom is 0.242 e. The third kappa shape index (κ3) is 3.61. The van der Waals surface area contributed by atoms with Crippen molar-refractivity contribution in [1.29, 1.82) is 0 Å². The summed E-state index contributed by atoms with van der Waals surface area (Å²) >= 11 is 1.32. The van der Waals surface area contributed by atoms with Crippen molar-refractivity contribution in [3.05, 3.63) is 29.1 Å². The Bertz CT molecular complexity index is 710. The van der Waals surface area contributed by atoms with Crippen LogP contribution in [-0.2, 0) is 16.6 Å². The number of rotatable bonds is 7. The first-order chi connectivity index (χ1) is 9.99. The first-order valence-electron chi connectivity index (χ1n) is 6.79. The minimum absolute atomic E-state index is 0.213. The second-order valence-corrected chi connectivity index (χ2v) is 7.64. The number of likely N-dealkylation sites (N-methyl/N-ethyl adjacent to an activating group) is 1. The van der Waals surface area contributed by atoms with Gasteiger partial charge in [0.1, 0.15) is 4.90 Å². The van der Waals surface area contributed by atoms with Gasteiger partial charge in [-0.25, -0.2) is 13.1 Å². The zero-order chi connectivity index (χ0) is 15.5. The van der Waals surface area contributed by atoms with E-state index in [2.05, 4.69) is 4.72 Å². The Morgan fingerprint density at radius 2 is 2.05 bits per heavy atom. The average molecular weight is 328 g/mol. The highest BCUT2D eigenvalue weighted by molar-refractivity contribution is 7.90. The van der Waals surface area contributed by atoms with Crippen molar-refractivity contribution >= 4 is 31.4 Å². The molecule has 0 radical (unpaired) electrons. The van der Waals surface area contributed by atoms with E-state index in [0.29, 0.717) is 23.4 Å². The molecule has 2 N–H and O–H groups in total. The summed E-state index contributed by atoms with van der Waals surface area (Å²) in [7, 11) is -1.68. The van der Waals surface area contributed by atoms with E-state index in [-0.39, 0.29) is 11.5 Å². The largest absolute Gasteiger partial charge is 0.391 e. The topological polar surface area (TPSA) is 69.6 Å². The van der Waals surface area contributed by atoms with Gasteiger partial charge in [-0.05, 0) is 19.7 Å². The summed E-state index contributed by atoms with van der Waals surface area (Å²) in [5.74, 6) is 0. The van der Waals surface area contributed by atoms with Crippen LogP contribution < -0.4 is 4.72 Å². The molecule has 1 heterocycles. The number of aliphatic hydroxyl groups is 1. The quantitative estimate of drug-likeness (QED) is 0.810. The van der Waals surface area contributed by atoms with Gasteiger partial charge in [0.15, 0.2) is 0 Å². The van der Waals surface area contributed by atoms with Crippen molar-refractivity contribution in [2.45, 2.75) is 18.4 Å². The summed E-state index contributed by atoms with van der Waals surface area (Å²) in [5, 5.41) is 10.1. The van der Waals surface area contributed by atoms with E-state index in [4.69, 9.17) is 0 Å². The third-order valence-electron chi connectivity index (χ3n) is 3.36. The minimum Gasteiger partial charge on any atom is -0.391 e. The minimum atomic E-state index is -3.62. The van der Waals surface area contributed by atoms with Gasteiger partial charge in [-0.2, -0.15) is 0 Å². The van der Waals surface area contributed by atoms with Gasteiger partial charge in [0.05, 0.1) is 11.5 Å². The van der Waals surface area contributed by atoms with E-state index in [1.807, 2.05) is 31.0 Å². The van der Waals surface area contributed by atoms with Gasteiger partial charge >= 0.3 is 0 Å². The Morgan fingerprint density at radius 1 is 1.33 bits per heavy atom. The highest BCUT2D eigenvalue weighted by Gasteiger charge is 2.23. The lowest BCUT2D eigenvalue weighted by molar-refractivity contribution is 0.282. The second kappa shape index (κ2) is 6.85. The number of hydrogen-bond acceptors (Lipinski definition) is 5. The molecular formula is C14H20N2O3S2. The van der Waals surface area contributed by atoms with E-state index in [0.717, 1.165) is 11.2 Å². The molecule has 5 nitrogen and oxygen atoms in total. The molecule has 0 fully saturated rings. The number of hydrogen-bond donors (Lipinski definition) is 2. The van der Waals surface area contributed by atoms with Gasteiger partial charge in [-0.3, -0.25) is 0 Å². The third-order valence-corrected chi connectivity index (χ3v) is 6.23. The molecule has 2 aromatic rings. The van der Waals surface area contributed by atoms with Crippen LogP contribution in [0.1, 0.15) is 11.8 Å². The van der Waals surface area contributed by atoms with Crippen molar-refractivity contribution in [3.63, 3.8) is 0 Å². The van der Waals surface area contributed by atoms with Crippen molar-refractivity contribution in [2.75, 3.05) is 26.7 Å². The first kappa shape index (κ1) is 16.4. The Morgan fingerprint density at radius 3 is 2.71 bits per heavy atom. The van der Waals surface area contributed by atoms with Crippen LogP contribution >= 0.6 is 11.3 Å². The van der Waals surface area contributed by atoms with Crippen LogP contribution in [0.2, 0.25) is 0 Å². The van der Waals surface area contributed by atoms with Gasteiger partial charge in [0.2, 0.25) is 10.0 Å². The number of aliphatic hydroxyl groups excluding tert-OH is 1. The van der Waals surface area contributed by atoms with E-state index in [9.17, 15) is 13.5 Å². The number of nitrogens with zero attached hydrogens (tertiary/aromatic N) is 1. The fourth-order valence-electron chi connectivity index (χ4n) is 2.07. The fourth-order valence-corrected chi connectivity index (χ4v) is 4.89. The zero-order valence-electron chi connectivity index (χ0n) is 12.2. The molecule has 2 rings (SSSR count). The maximum atomic E-state index is 12.5. The lowest BCUT2D eigenvalue weighted by Crippen LogP contribution is -2.33. The zero-order valence-corrected chi connectivity index (χ0v) is 13.8. The lowest BCUT2D eigenvalue weighted by Gasteiger charge is -2.14. The van der Waals surface area contributed by atoms with Crippen LogP contribution in [0.25, 0.3) is 10.1 Å². The number of thiophene rings is 1. The number of sulfonamides is 1. The predicted molar refractivity (Wildman–Crippen MR) is 86.1 cm³/mol. The summed E-state index contributed by atoms with van der Waals surface area (Å²) < 4.78 is 28.5. The maximum absolute atomic E-state index is 12.5. The van der Waals surface area contributed by atoms with Crippen LogP contribution in [0, 0.1) is 0 Å². The highest BCUT2D eigenvalue weighted by Crippen LogP contribution is 2.34.